The van der Waals surface area contributed by atoms with E-state index in [1.54, 1.807) is 24.3 Å². The van der Waals surface area contributed by atoms with Crippen molar-refractivity contribution < 1.29 is 9.59 Å². The summed E-state index contributed by atoms with van der Waals surface area (Å²) in [6.07, 6.45) is 1.91. The van der Waals surface area contributed by atoms with Crippen molar-refractivity contribution in [3.8, 4) is 0 Å². The molecule has 4 rings (SSSR count). The fourth-order valence-electron chi connectivity index (χ4n) is 3.87. The molecule has 0 aromatic heterocycles. The van der Waals surface area contributed by atoms with E-state index in [0.29, 0.717) is 22.7 Å². The first-order chi connectivity index (χ1) is 14.2. The lowest BCUT2D eigenvalue weighted by Gasteiger charge is -2.32. The van der Waals surface area contributed by atoms with E-state index < -0.39 is 0 Å². The molecule has 146 valence electrons. The van der Waals surface area contributed by atoms with Crippen molar-refractivity contribution in [3.05, 3.63) is 102 Å². The minimum absolute atomic E-state index is 0.0273. The van der Waals surface area contributed by atoms with Crippen LogP contribution < -0.4 is 5.32 Å². The van der Waals surface area contributed by atoms with Crippen LogP contribution in [0.4, 0.5) is 5.69 Å². The van der Waals surface area contributed by atoms with Crippen LogP contribution in [0.5, 0.6) is 0 Å². The molecule has 2 amide bonds. The Morgan fingerprint density at radius 2 is 1.34 bits per heavy atom. The average molecular weight is 384 g/mol. The van der Waals surface area contributed by atoms with Crippen molar-refractivity contribution in [2.24, 2.45) is 0 Å². The molecule has 1 aliphatic rings. The van der Waals surface area contributed by atoms with Gasteiger partial charge in [0.25, 0.3) is 11.8 Å². The number of nitrogens with zero attached hydrogens (tertiary/aromatic N) is 1. The summed E-state index contributed by atoms with van der Waals surface area (Å²) in [5, 5.41) is 2.90. The van der Waals surface area contributed by atoms with E-state index >= 15 is 0 Å². The van der Waals surface area contributed by atoms with Crippen LogP contribution in [0, 0.1) is 0 Å². The van der Waals surface area contributed by atoms with E-state index in [1.807, 2.05) is 41.3 Å². The van der Waals surface area contributed by atoms with Gasteiger partial charge in [-0.3, -0.25) is 9.59 Å². The summed E-state index contributed by atoms with van der Waals surface area (Å²) in [4.78, 5) is 27.6. The molecule has 4 nitrogen and oxygen atoms in total. The molecule has 0 atom stereocenters. The molecule has 3 aromatic carbocycles. The van der Waals surface area contributed by atoms with Crippen LogP contribution in [0.25, 0.3) is 0 Å². The largest absolute Gasteiger partial charge is 0.339 e. The molecule has 0 spiro atoms. The van der Waals surface area contributed by atoms with Crippen molar-refractivity contribution in [3.63, 3.8) is 0 Å². The van der Waals surface area contributed by atoms with Crippen molar-refractivity contribution >= 4 is 17.5 Å². The van der Waals surface area contributed by atoms with Crippen molar-refractivity contribution in [1.29, 1.82) is 0 Å². The second-order valence-electron chi connectivity index (χ2n) is 7.34. The van der Waals surface area contributed by atoms with Gasteiger partial charge in [-0.2, -0.15) is 0 Å². The van der Waals surface area contributed by atoms with E-state index in [2.05, 4.69) is 29.6 Å². The van der Waals surface area contributed by atoms with Gasteiger partial charge in [0.2, 0.25) is 0 Å². The number of hydrogen-bond acceptors (Lipinski definition) is 2. The number of likely N-dealkylation sites (tertiary alicyclic amines) is 1. The molecule has 0 aliphatic carbocycles. The maximum atomic E-state index is 13.2. The molecule has 29 heavy (non-hydrogen) atoms. The number of benzene rings is 3. The standard InChI is InChI=1S/C25H24N2O2/c28-24(21-11-5-2-6-12-21)26-23-14-8-7-13-22(23)25(29)27-17-15-20(16-18-27)19-9-3-1-4-10-19/h1-14,20H,15-18H2,(H,26,28). The summed E-state index contributed by atoms with van der Waals surface area (Å²) in [7, 11) is 0. The molecule has 3 aromatic rings. The van der Waals surface area contributed by atoms with E-state index in [-0.39, 0.29) is 11.8 Å². The summed E-state index contributed by atoms with van der Waals surface area (Å²) in [5.41, 5.74) is 3.00. The minimum Gasteiger partial charge on any atom is -0.339 e. The molecule has 1 saturated heterocycles. The lowest BCUT2D eigenvalue weighted by molar-refractivity contribution is 0.0714. The zero-order valence-corrected chi connectivity index (χ0v) is 16.3. The van der Waals surface area contributed by atoms with Crippen LogP contribution in [0.3, 0.4) is 0 Å². The Labute approximate surface area is 171 Å². The number of piperidine rings is 1. The Balaban J connectivity index is 1.45. The summed E-state index contributed by atoms with van der Waals surface area (Å²) >= 11 is 0. The first-order valence-corrected chi connectivity index (χ1v) is 10.0. The summed E-state index contributed by atoms with van der Waals surface area (Å²) in [6.45, 7) is 1.44. The van der Waals surface area contributed by atoms with Crippen LogP contribution in [-0.4, -0.2) is 29.8 Å². The van der Waals surface area contributed by atoms with Gasteiger partial charge in [0, 0.05) is 18.7 Å². The summed E-state index contributed by atoms with van der Waals surface area (Å²) in [5.74, 6) is 0.252. The maximum absolute atomic E-state index is 13.2. The zero-order chi connectivity index (χ0) is 20.1. The van der Waals surface area contributed by atoms with Gasteiger partial charge in [0.05, 0.1) is 11.3 Å². The molecular weight excluding hydrogens is 360 g/mol. The third-order valence-corrected chi connectivity index (χ3v) is 5.49. The molecule has 4 heteroatoms. The monoisotopic (exact) mass is 384 g/mol. The highest BCUT2D eigenvalue weighted by atomic mass is 16.2. The molecule has 1 aliphatic heterocycles. The van der Waals surface area contributed by atoms with Gasteiger partial charge in [-0.1, -0.05) is 60.7 Å². The molecule has 1 heterocycles. The predicted octanol–water partition coefficient (Wildman–Crippen LogP) is 4.96. The number of para-hydroxylation sites is 1. The van der Waals surface area contributed by atoms with Crippen molar-refractivity contribution in [1.82, 2.24) is 4.90 Å². The molecule has 0 unspecified atom stereocenters. The Morgan fingerprint density at radius 1 is 0.759 bits per heavy atom. The fourth-order valence-corrected chi connectivity index (χ4v) is 3.87. The molecule has 1 fully saturated rings. The Hall–Kier alpha value is -3.40. The van der Waals surface area contributed by atoms with Gasteiger partial charge >= 0.3 is 0 Å². The SMILES string of the molecule is O=C(Nc1ccccc1C(=O)N1CCC(c2ccccc2)CC1)c1ccccc1. The fraction of sp³-hybridized carbons (Fsp3) is 0.200. The van der Waals surface area contributed by atoms with Gasteiger partial charge in [-0.05, 0) is 48.6 Å². The maximum Gasteiger partial charge on any atom is 0.255 e. The second-order valence-corrected chi connectivity index (χ2v) is 7.34. The van der Waals surface area contributed by atoms with Crippen molar-refractivity contribution in [2.45, 2.75) is 18.8 Å². The van der Waals surface area contributed by atoms with Crippen LogP contribution >= 0.6 is 0 Å². The van der Waals surface area contributed by atoms with Crippen LogP contribution in [0.1, 0.15) is 45.0 Å². The van der Waals surface area contributed by atoms with Gasteiger partial charge < -0.3 is 10.2 Å². The summed E-state index contributed by atoms with van der Waals surface area (Å²) in [6, 6.07) is 26.8. The Bertz CT molecular complexity index is 978. The van der Waals surface area contributed by atoms with Gasteiger partial charge in [0.15, 0.2) is 0 Å². The summed E-state index contributed by atoms with van der Waals surface area (Å²) < 4.78 is 0. The van der Waals surface area contributed by atoms with Gasteiger partial charge in [0.1, 0.15) is 0 Å². The quantitative estimate of drug-likeness (QED) is 0.691. The molecular formula is C25H24N2O2. The number of hydrogen-bond donors (Lipinski definition) is 1. The third kappa shape index (κ3) is 4.37. The second kappa shape index (κ2) is 8.74. The van der Waals surface area contributed by atoms with E-state index in [1.165, 1.54) is 5.56 Å². The number of amides is 2. The Kier molecular flexibility index (Phi) is 5.71. The highest BCUT2D eigenvalue weighted by Crippen LogP contribution is 2.29. The molecule has 0 bridgehead atoms. The zero-order valence-electron chi connectivity index (χ0n) is 16.3. The number of carbonyl (C=O) groups is 2. The number of rotatable bonds is 4. The lowest BCUT2D eigenvalue weighted by Crippen LogP contribution is -2.38. The predicted molar refractivity (Wildman–Crippen MR) is 115 cm³/mol. The van der Waals surface area contributed by atoms with Crippen molar-refractivity contribution in [2.75, 3.05) is 18.4 Å². The van der Waals surface area contributed by atoms with E-state index in [4.69, 9.17) is 0 Å². The van der Waals surface area contributed by atoms with E-state index in [9.17, 15) is 9.59 Å². The highest BCUT2D eigenvalue weighted by molar-refractivity contribution is 6.09. The molecule has 1 N–H and O–H groups in total. The topological polar surface area (TPSA) is 49.4 Å². The van der Waals surface area contributed by atoms with E-state index in [0.717, 1.165) is 25.9 Å². The molecule has 0 radical (unpaired) electrons. The number of nitrogens with one attached hydrogen (secondary N) is 1. The minimum atomic E-state index is -0.214. The van der Waals surface area contributed by atoms with Crippen LogP contribution in [-0.2, 0) is 0 Å². The average Bonchev–Trinajstić information content (AvgIpc) is 2.80. The van der Waals surface area contributed by atoms with Crippen LogP contribution in [0.2, 0.25) is 0 Å². The Morgan fingerprint density at radius 3 is 2.03 bits per heavy atom. The first kappa shape index (κ1) is 18.9. The third-order valence-electron chi connectivity index (χ3n) is 5.49. The highest BCUT2D eigenvalue weighted by Gasteiger charge is 2.26. The first-order valence-electron chi connectivity index (χ1n) is 10.0. The van der Waals surface area contributed by atoms with Crippen LogP contribution in [0.15, 0.2) is 84.9 Å². The van der Waals surface area contributed by atoms with Gasteiger partial charge in [-0.15, -0.1) is 0 Å². The lowest BCUT2D eigenvalue weighted by atomic mass is 9.89. The van der Waals surface area contributed by atoms with Gasteiger partial charge in [-0.25, -0.2) is 0 Å². The smallest absolute Gasteiger partial charge is 0.255 e. The number of carbonyl (C=O) groups excluding carboxylic acids is 2. The molecule has 0 saturated carbocycles. The number of anilines is 1. The normalized spacial score (nSPS) is 14.4.